The number of rotatable bonds is 4. The molecule has 1 atom stereocenters. The van der Waals surface area contributed by atoms with Crippen molar-refractivity contribution >= 4 is 11.6 Å². The van der Waals surface area contributed by atoms with Crippen LogP contribution in [0.1, 0.15) is 38.5 Å². The first kappa shape index (κ1) is 14.5. The third-order valence-electron chi connectivity index (χ3n) is 4.10. The Kier molecular flexibility index (Phi) is 4.56. The Balaban J connectivity index is 1.73. The molecule has 0 saturated carbocycles. The normalized spacial score (nSPS) is 19.8. The van der Waals surface area contributed by atoms with Crippen molar-refractivity contribution in [3.05, 3.63) is 35.2 Å². The molecule has 4 nitrogen and oxygen atoms in total. The molecule has 1 aliphatic heterocycles. The Morgan fingerprint density at radius 1 is 1.33 bits per heavy atom. The van der Waals surface area contributed by atoms with Crippen LogP contribution in [0.15, 0.2) is 28.7 Å². The number of likely N-dealkylation sites (tertiary alicyclic amines) is 1. The predicted molar refractivity (Wildman–Crippen MR) is 83.1 cm³/mol. The van der Waals surface area contributed by atoms with Crippen LogP contribution in [0.25, 0.3) is 11.5 Å². The molecule has 0 spiro atoms. The van der Waals surface area contributed by atoms with Crippen molar-refractivity contribution < 1.29 is 4.42 Å². The number of aromatic nitrogens is 2. The lowest BCUT2D eigenvalue weighted by molar-refractivity contribution is 0.124. The average molecular weight is 306 g/mol. The van der Waals surface area contributed by atoms with Crippen LogP contribution in [-0.2, 0) is 6.54 Å². The summed E-state index contributed by atoms with van der Waals surface area (Å²) in [6.07, 6.45) is 5.03. The molecule has 2 heterocycles. The second-order valence-electron chi connectivity index (χ2n) is 5.54. The third kappa shape index (κ3) is 3.44. The van der Waals surface area contributed by atoms with Crippen LogP contribution in [0, 0.1) is 0 Å². The van der Waals surface area contributed by atoms with Gasteiger partial charge in [0.25, 0.3) is 0 Å². The number of nitrogens with zero attached hydrogens (tertiary/aromatic N) is 3. The number of hydrogen-bond acceptors (Lipinski definition) is 4. The maximum Gasteiger partial charge on any atom is 0.247 e. The zero-order valence-corrected chi connectivity index (χ0v) is 13.0. The minimum Gasteiger partial charge on any atom is -0.419 e. The third-order valence-corrected chi connectivity index (χ3v) is 4.33. The molecule has 1 fully saturated rings. The van der Waals surface area contributed by atoms with E-state index in [2.05, 4.69) is 22.0 Å². The zero-order chi connectivity index (χ0) is 14.7. The van der Waals surface area contributed by atoms with Crippen molar-refractivity contribution in [1.29, 1.82) is 0 Å². The van der Waals surface area contributed by atoms with Gasteiger partial charge in [-0.25, -0.2) is 0 Å². The summed E-state index contributed by atoms with van der Waals surface area (Å²) in [7, 11) is 0. The Morgan fingerprint density at radius 2 is 2.24 bits per heavy atom. The van der Waals surface area contributed by atoms with Crippen molar-refractivity contribution in [3.63, 3.8) is 0 Å². The second kappa shape index (κ2) is 6.58. The summed E-state index contributed by atoms with van der Waals surface area (Å²) >= 11 is 6.00. The van der Waals surface area contributed by atoms with E-state index in [1.54, 1.807) is 0 Å². The fourth-order valence-electron chi connectivity index (χ4n) is 2.96. The highest BCUT2D eigenvalue weighted by atomic mass is 35.5. The molecule has 21 heavy (non-hydrogen) atoms. The molecule has 0 radical (unpaired) electrons. The molecule has 5 heteroatoms. The van der Waals surface area contributed by atoms with Crippen molar-refractivity contribution in [3.8, 4) is 11.5 Å². The van der Waals surface area contributed by atoms with Gasteiger partial charge in [0.2, 0.25) is 11.8 Å². The number of hydrogen-bond donors (Lipinski definition) is 0. The van der Waals surface area contributed by atoms with Crippen LogP contribution in [0.5, 0.6) is 0 Å². The maximum atomic E-state index is 6.00. The largest absolute Gasteiger partial charge is 0.419 e. The van der Waals surface area contributed by atoms with E-state index < -0.39 is 0 Å². The van der Waals surface area contributed by atoms with Gasteiger partial charge in [-0.2, -0.15) is 0 Å². The highest BCUT2D eigenvalue weighted by Gasteiger charge is 2.22. The van der Waals surface area contributed by atoms with Gasteiger partial charge in [-0.15, -0.1) is 10.2 Å². The lowest BCUT2D eigenvalue weighted by atomic mass is 10.0. The standard InChI is InChI=1S/C16H20ClN3O/c1-2-14-8-3-4-9-20(14)11-15-18-19-16(21-15)12-6-5-7-13(17)10-12/h5-7,10,14H,2-4,8-9,11H2,1H3. The second-order valence-corrected chi connectivity index (χ2v) is 5.98. The molecule has 0 bridgehead atoms. The van der Waals surface area contributed by atoms with Crippen LogP contribution in [-0.4, -0.2) is 27.7 Å². The van der Waals surface area contributed by atoms with Gasteiger partial charge in [0, 0.05) is 16.6 Å². The number of piperidine rings is 1. The zero-order valence-electron chi connectivity index (χ0n) is 12.3. The minimum absolute atomic E-state index is 0.539. The van der Waals surface area contributed by atoms with Gasteiger partial charge in [0.15, 0.2) is 0 Å². The molecule has 1 aromatic heterocycles. The molecule has 0 aliphatic carbocycles. The average Bonchev–Trinajstić information content (AvgIpc) is 2.96. The topological polar surface area (TPSA) is 42.2 Å². The first-order chi connectivity index (χ1) is 10.3. The summed E-state index contributed by atoms with van der Waals surface area (Å²) in [6, 6.07) is 8.13. The first-order valence-electron chi connectivity index (χ1n) is 7.58. The summed E-state index contributed by atoms with van der Waals surface area (Å²) in [5, 5.41) is 9.00. The molecular formula is C16H20ClN3O. The molecule has 0 N–H and O–H groups in total. The van der Waals surface area contributed by atoms with Crippen molar-refractivity contribution in [2.24, 2.45) is 0 Å². The van der Waals surface area contributed by atoms with Crippen molar-refractivity contribution in [2.45, 2.75) is 45.2 Å². The van der Waals surface area contributed by atoms with Gasteiger partial charge in [0.1, 0.15) is 0 Å². The lowest BCUT2D eigenvalue weighted by Crippen LogP contribution is -2.38. The molecular weight excluding hydrogens is 286 g/mol. The van der Waals surface area contributed by atoms with E-state index in [9.17, 15) is 0 Å². The van der Waals surface area contributed by atoms with Crippen molar-refractivity contribution in [2.75, 3.05) is 6.54 Å². The fraction of sp³-hybridized carbons (Fsp3) is 0.500. The maximum absolute atomic E-state index is 6.00. The molecule has 3 rings (SSSR count). The summed E-state index contributed by atoms with van der Waals surface area (Å²) < 4.78 is 5.80. The van der Waals surface area contributed by atoms with Gasteiger partial charge in [0.05, 0.1) is 6.54 Å². The molecule has 1 aliphatic rings. The predicted octanol–water partition coefficient (Wildman–Crippen LogP) is 4.15. The van der Waals surface area contributed by atoms with Gasteiger partial charge in [-0.1, -0.05) is 31.0 Å². The Hall–Kier alpha value is -1.39. The highest BCUT2D eigenvalue weighted by molar-refractivity contribution is 6.30. The van der Waals surface area contributed by atoms with E-state index in [0.717, 1.165) is 18.7 Å². The molecule has 112 valence electrons. The molecule has 1 aromatic carbocycles. The van der Waals surface area contributed by atoms with Gasteiger partial charge in [-0.3, -0.25) is 4.90 Å². The number of benzene rings is 1. The van der Waals surface area contributed by atoms with E-state index in [4.69, 9.17) is 16.0 Å². The highest BCUT2D eigenvalue weighted by Crippen LogP contribution is 2.24. The van der Waals surface area contributed by atoms with E-state index >= 15 is 0 Å². The molecule has 2 aromatic rings. The van der Waals surface area contributed by atoms with E-state index in [1.165, 1.54) is 25.7 Å². The summed E-state index contributed by atoms with van der Waals surface area (Å²) in [6.45, 7) is 4.10. The lowest BCUT2D eigenvalue weighted by Gasteiger charge is -2.33. The van der Waals surface area contributed by atoms with Crippen LogP contribution in [0.4, 0.5) is 0 Å². The SMILES string of the molecule is CCC1CCCCN1Cc1nnc(-c2cccc(Cl)c2)o1. The van der Waals surface area contributed by atoms with Crippen molar-refractivity contribution in [1.82, 2.24) is 15.1 Å². The summed E-state index contributed by atoms with van der Waals surface area (Å²) in [4.78, 5) is 2.46. The van der Waals surface area contributed by atoms with Crippen LogP contribution in [0.3, 0.4) is 0 Å². The Bertz CT molecular complexity index is 599. The quantitative estimate of drug-likeness (QED) is 0.851. The first-order valence-corrected chi connectivity index (χ1v) is 7.96. The molecule has 1 unspecified atom stereocenters. The van der Waals surface area contributed by atoms with Crippen LogP contribution in [0.2, 0.25) is 5.02 Å². The van der Waals surface area contributed by atoms with Gasteiger partial charge in [-0.05, 0) is 44.0 Å². The minimum atomic E-state index is 0.539. The van der Waals surface area contributed by atoms with Gasteiger partial charge < -0.3 is 4.42 Å². The Labute approximate surface area is 130 Å². The van der Waals surface area contributed by atoms with E-state index in [1.807, 2.05) is 24.3 Å². The van der Waals surface area contributed by atoms with Gasteiger partial charge >= 0.3 is 0 Å². The van der Waals surface area contributed by atoms with E-state index in [0.29, 0.717) is 22.8 Å². The molecule has 0 amide bonds. The Morgan fingerprint density at radius 3 is 3.05 bits per heavy atom. The molecule has 1 saturated heterocycles. The fourth-order valence-corrected chi connectivity index (χ4v) is 3.15. The number of halogens is 1. The monoisotopic (exact) mass is 305 g/mol. The smallest absolute Gasteiger partial charge is 0.247 e. The van der Waals surface area contributed by atoms with Crippen LogP contribution >= 0.6 is 11.6 Å². The summed E-state index contributed by atoms with van der Waals surface area (Å²) in [5.74, 6) is 1.22. The van der Waals surface area contributed by atoms with Crippen LogP contribution < -0.4 is 0 Å². The van der Waals surface area contributed by atoms with E-state index in [-0.39, 0.29) is 0 Å². The summed E-state index contributed by atoms with van der Waals surface area (Å²) in [5.41, 5.74) is 0.868.